The molecule has 1 aliphatic carbocycles. The molecule has 0 radical (unpaired) electrons. The van der Waals surface area contributed by atoms with Crippen molar-refractivity contribution in [2.24, 2.45) is 0 Å². The second kappa shape index (κ2) is 10.3. The monoisotopic (exact) mass is 650 g/mol. The molecule has 2 aromatic heterocycles. The van der Waals surface area contributed by atoms with E-state index in [1.807, 2.05) is 0 Å². The molecule has 2 heteroatoms. The third-order valence-electron chi connectivity index (χ3n) is 11.5. The maximum Gasteiger partial charge on any atom is 0.0588 e. The quantitative estimate of drug-likeness (QED) is 0.180. The van der Waals surface area contributed by atoms with Gasteiger partial charge in [0, 0.05) is 38.3 Å². The number of nitrogens with zero attached hydrogens (tertiary/aromatic N) is 2. The minimum atomic E-state index is -0.144. The lowest BCUT2D eigenvalue weighted by molar-refractivity contribution is 0.664. The lowest BCUT2D eigenvalue weighted by Gasteiger charge is -2.23. The summed E-state index contributed by atoms with van der Waals surface area (Å²) in [5.41, 5.74) is 15.1. The zero-order valence-corrected chi connectivity index (χ0v) is 28.6. The highest BCUT2D eigenvalue weighted by Gasteiger charge is 2.38. The summed E-state index contributed by atoms with van der Waals surface area (Å²) in [5, 5.41) is 7.61. The fourth-order valence-electron chi connectivity index (χ4n) is 9.13. The molecule has 240 valence electrons. The van der Waals surface area contributed by atoms with E-state index in [0.29, 0.717) is 0 Å². The number of hydrogen-bond donors (Lipinski definition) is 0. The van der Waals surface area contributed by atoms with Crippen LogP contribution >= 0.6 is 0 Å². The Balaban J connectivity index is 1.18. The van der Waals surface area contributed by atoms with Gasteiger partial charge in [-0.1, -0.05) is 129 Å². The summed E-state index contributed by atoms with van der Waals surface area (Å²) in [7, 11) is 0. The van der Waals surface area contributed by atoms with Gasteiger partial charge in [-0.25, -0.2) is 0 Å². The first-order valence-corrected chi connectivity index (χ1v) is 17.9. The standard InChI is InChI=1S/C49H34N2/c1-49(2)43-18-10-8-16-37(43)39-24-25-40-42-30-34(22-27-46(42)51(48(40)47(39)49)36-23-20-31-12-6-7-13-32(31)28-36)33-21-26-45-41(29-33)38-17-9-11-19-44(38)50(45)35-14-4-3-5-15-35/h3-30H,1-2H3. The van der Waals surface area contributed by atoms with Crippen molar-refractivity contribution >= 4 is 54.4 Å². The molecule has 0 saturated heterocycles. The van der Waals surface area contributed by atoms with Crippen molar-refractivity contribution in [3.63, 3.8) is 0 Å². The Kier molecular flexibility index (Phi) is 5.76. The van der Waals surface area contributed by atoms with Crippen LogP contribution in [0.15, 0.2) is 170 Å². The second-order valence-corrected chi connectivity index (χ2v) is 14.6. The van der Waals surface area contributed by atoms with Gasteiger partial charge < -0.3 is 9.13 Å². The lowest BCUT2D eigenvalue weighted by atomic mass is 9.81. The number of para-hydroxylation sites is 2. The lowest BCUT2D eigenvalue weighted by Crippen LogP contribution is -2.16. The van der Waals surface area contributed by atoms with Gasteiger partial charge in [0.05, 0.1) is 22.1 Å². The predicted octanol–water partition coefficient (Wildman–Crippen LogP) is 13.0. The first kappa shape index (κ1) is 28.5. The van der Waals surface area contributed by atoms with Crippen LogP contribution in [0.4, 0.5) is 0 Å². The molecule has 2 nitrogen and oxygen atoms in total. The molecule has 0 spiro atoms. The fourth-order valence-corrected chi connectivity index (χ4v) is 9.13. The van der Waals surface area contributed by atoms with E-state index in [4.69, 9.17) is 0 Å². The molecule has 51 heavy (non-hydrogen) atoms. The molecule has 0 unspecified atom stereocenters. The first-order chi connectivity index (χ1) is 25.1. The molecule has 0 atom stereocenters. The van der Waals surface area contributed by atoms with Gasteiger partial charge in [0.15, 0.2) is 0 Å². The molecule has 0 aliphatic heterocycles. The minimum Gasteiger partial charge on any atom is -0.309 e. The van der Waals surface area contributed by atoms with Crippen LogP contribution in [0.1, 0.15) is 25.0 Å². The van der Waals surface area contributed by atoms with Crippen molar-refractivity contribution in [3.05, 3.63) is 181 Å². The molecule has 0 N–H and O–H groups in total. The van der Waals surface area contributed by atoms with Crippen molar-refractivity contribution in [1.82, 2.24) is 9.13 Å². The van der Waals surface area contributed by atoms with Crippen LogP contribution in [0.3, 0.4) is 0 Å². The van der Waals surface area contributed by atoms with Gasteiger partial charge in [-0.15, -0.1) is 0 Å². The maximum absolute atomic E-state index is 2.53. The van der Waals surface area contributed by atoms with Crippen molar-refractivity contribution in [2.45, 2.75) is 19.3 Å². The molecule has 0 bridgehead atoms. The topological polar surface area (TPSA) is 9.86 Å². The van der Waals surface area contributed by atoms with Gasteiger partial charge >= 0.3 is 0 Å². The maximum atomic E-state index is 2.53. The molecule has 1 aliphatic rings. The van der Waals surface area contributed by atoms with Crippen LogP contribution in [-0.2, 0) is 5.41 Å². The molecule has 2 heterocycles. The SMILES string of the molecule is CC1(C)c2ccccc2-c2ccc3c4cc(-c5ccc6c(c5)c5ccccc5n6-c5ccccc5)ccc4n(-c4ccc5ccccc5c4)c3c21. The third-order valence-corrected chi connectivity index (χ3v) is 11.5. The first-order valence-electron chi connectivity index (χ1n) is 17.9. The second-order valence-electron chi connectivity index (χ2n) is 14.6. The van der Waals surface area contributed by atoms with E-state index in [2.05, 4.69) is 193 Å². The summed E-state index contributed by atoms with van der Waals surface area (Å²) >= 11 is 0. The van der Waals surface area contributed by atoms with Crippen LogP contribution in [0.25, 0.3) is 88.0 Å². The molecular weight excluding hydrogens is 617 g/mol. The van der Waals surface area contributed by atoms with Crippen molar-refractivity contribution in [3.8, 4) is 33.6 Å². The molecular formula is C49H34N2. The molecule has 0 saturated carbocycles. The summed E-state index contributed by atoms with van der Waals surface area (Å²) < 4.78 is 4.92. The van der Waals surface area contributed by atoms with E-state index in [-0.39, 0.29) is 5.41 Å². The Labute approximate surface area is 296 Å². The van der Waals surface area contributed by atoms with Crippen LogP contribution in [0.2, 0.25) is 0 Å². The van der Waals surface area contributed by atoms with E-state index in [1.165, 1.54) is 99.1 Å². The van der Waals surface area contributed by atoms with Gasteiger partial charge in [0.2, 0.25) is 0 Å². The number of benzene rings is 8. The van der Waals surface area contributed by atoms with Crippen LogP contribution in [-0.4, -0.2) is 9.13 Å². The van der Waals surface area contributed by atoms with Crippen molar-refractivity contribution in [2.75, 3.05) is 0 Å². The third kappa shape index (κ3) is 3.93. The number of aromatic nitrogens is 2. The average molecular weight is 651 g/mol. The number of fused-ring (bicyclic) bond motifs is 11. The van der Waals surface area contributed by atoms with Crippen LogP contribution in [0, 0.1) is 0 Å². The number of rotatable bonds is 3. The zero-order valence-electron chi connectivity index (χ0n) is 28.6. The van der Waals surface area contributed by atoms with E-state index in [0.717, 1.165) is 0 Å². The average Bonchev–Trinajstić information content (AvgIpc) is 3.77. The van der Waals surface area contributed by atoms with Gasteiger partial charge in [0.25, 0.3) is 0 Å². The zero-order chi connectivity index (χ0) is 33.8. The van der Waals surface area contributed by atoms with Crippen LogP contribution in [0.5, 0.6) is 0 Å². The van der Waals surface area contributed by atoms with Gasteiger partial charge in [-0.05, 0) is 98.8 Å². The highest BCUT2D eigenvalue weighted by atomic mass is 15.0. The normalized spacial score (nSPS) is 13.5. The molecule has 10 aromatic rings. The smallest absolute Gasteiger partial charge is 0.0588 e. The molecule has 0 fully saturated rings. The Morgan fingerprint density at radius 3 is 1.86 bits per heavy atom. The minimum absolute atomic E-state index is 0.144. The predicted molar refractivity (Wildman–Crippen MR) is 216 cm³/mol. The summed E-state index contributed by atoms with van der Waals surface area (Å²) in [6.07, 6.45) is 0. The summed E-state index contributed by atoms with van der Waals surface area (Å²) in [6.45, 7) is 4.79. The Hall–Kier alpha value is -6.38. The summed E-state index contributed by atoms with van der Waals surface area (Å²) in [5.74, 6) is 0. The summed E-state index contributed by atoms with van der Waals surface area (Å²) in [4.78, 5) is 0. The van der Waals surface area contributed by atoms with E-state index < -0.39 is 0 Å². The van der Waals surface area contributed by atoms with E-state index in [9.17, 15) is 0 Å². The number of hydrogen-bond acceptors (Lipinski definition) is 0. The molecule has 0 amide bonds. The van der Waals surface area contributed by atoms with E-state index in [1.54, 1.807) is 0 Å². The largest absolute Gasteiger partial charge is 0.309 e. The van der Waals surface area contributed by atoms with E-state index >= 15 is 0 Å². The Bertz CT molecular complexity index is 3040. The fraction of sp³-hybridized carbons (Fsp3) is 0.0612. The Morgan fingerprint density at radius 1 is 0.392 bits per heavy atom. The van der Waals surface area contributed by atoms with Gasteiger partial charge in [0.1, 0.15) is 0 Å². The molecule has 11 rings (SSSR count). The van der Waals surface area contributed by atoms with Crippen LogP contribution < -0.4 is 0 Å². The van der Waals surface area contributed by atoms with Crippen molar-refractivity contribution in [1.29, 1.82) is 0 Å². The highest BCUT2D eigenvalue weighted by Crippen LogP contribution is 2.53. The summed E-state index contributed by atoms with van der Waals surface area (Å²) in [6, 6.07) is 62.8. The highest BCUT2D eigenvalue weighted by molar-refractivity contribution is 6.15. The van der Waals surface area contributed by atoms with Gasteiger partial charge in [-0.2, -0.15) is 0 Å². The van der Waals surface area contributed by atoms with Crippen molar-refractivity contribution < 1.29 is 0 Å². The van der Waals surface area contributed by atoms with Gasteiger partial charge in [-0.3, -0.25) is 0 Å². The molecule has 8 aromatic carbocycles. The Morgan fingerprint density at radius 2 is 1.04 bits per heavy atom.